The first-order valence-electron chi connectivity index (χ1n) is 12.7. The van der Waals surface area contributed by atoms with Gasteiger partial charge in [0.25, 0.3) is 5.91 Å². The van der Waals surface area contributed by atoms with E-state index in [0.717, 1.165) is 16.7 Å². The fraction of sp³-hybridized carbons (Fsp3) is 0.429. The lowest BCUT2D eigenvalue weighted by molar-refractivity contribution is 0.0677. The van der Waals surface area contributed by atoms with Crippen LogP contribution in [0.1, 0.15) is 59.1 Å². The highest BCUT2D eigenvalue weighted by atomic mass is 32.2. The predicted molar refractivity (Wildman–Crippen MR) is 144 cm³/mol. The second-order valence-corrected chi connectivity index (χ2v) is 12.8. The summed E-state index contributed by atoms with van der Waals surface area (Å²) in [6.07, 6.45) is 0.360. The predicted octanol–water partition coefficient (Wildman–Crippen LogP) is 4.17. The summed E-state index contributed by atoms with van der Waals surface area (Å²) in [5.41, 5.74) is 4.52. The van der Waals surface area contributed by atoms with Crippen molar-refractivity contribution in [3.63, 3.8) is 0 Å². The zero-order chi connectivity index (χ0) is 27.4. The summed E-state index contributed by atoms with van der Waals surface area (Å²) in [6, 6.07) is 7.95. The third kappa shape index (κ3) is 4.51. The number of aromatic hydroxyl groups is 1. The molecular formula is C28H33N3O6S. The van der Waals surface area contributed by atoms with Crippen molar-refractivity contribution >= 4 is 15.7 Å². The number of methoxy groups -OCH3 is 1. The highest BCUT2D eigenvalue weighted by Gasteiger charge is 2.48. The number of hydrogen-bond acceptors (Lipinski definition) is 7. The van der Waals surface area contributed by atoms with Gasteiger partial charge in [0.1, 0.15) is 17.1 Å². The number of H-pyrrole nitrogens is 1. The third-order valence-corrected chi connectivity index (χ3v) is 9.10. The van der Waals surface area contributed by atoms with Crippen LogP contribution in [0.5, 0.6) is 17.2 Å². The van der Waals surface area contributed by atoms with Crippen molar-refractivity contribution in [2.45, 2.75) is 46.2 Å². The molecule has 2 unspecified atom stereocenters. The number of phenolic OH excluding ortho intramolecular Hbond substituents is 1. The van der Waals surface area contributed by atoms with Gasteiger partial charge in [-0.2, -0.15) is 5.10 Å². The van der Waals surface area contributed by atoms with Gasteiger partial charge in [0.2, 0.25) is 0 Å². The molecule has 2 aliphatic heterocycles. The zero-order valence-electron chi connectivity index (χ0n) is 22.2. The number of hydrogen-bond donors (Lipinski definition) is 2. The minimum atomic E-state index is -3.25. The molecule has 2 aromatic carbocycles. The summed E-state index contributed by atoms with van der Waals surface area (Å²) < 4.78 is 36.4. The molecule has 9 nitrogen and oxygen atoms in total. The Kier molecular flexibility index (Phi) is 6.63. The number of nitrogens with zero attached hydrogens (tertiary/aromatic N) is 2. The lowest BCUT2D eigenvalue weighted by Gasteiger charge is -2.31. The maximum atomic E-state index is 13.8. The maximum absolute atomic E-state index is 13.8. The number of phenols is 1. The fourth-order valence-electron chi connectivity index (χ4n) is 5.29. The van der Waals surface area contributed by atoms with Gasteiger partial charge in [-0.25, -0.2) is 8.42 Å². The molecule has 2 aliphatic rings. The molecule has 1 fully saturated rings. The van der Waals surface area contributed by atoms with E-state index in [1.54, 1.807) is 18.1 Å². The van der Waals surface area contributed by atoms with Gasteiger partial charge in [0.15, 0.2) is 21.3 Å². The molecule has 1 aromatic heterocycles. The van der Waals surface area contributed by atoms with Crippen LogP contribution in [-0.2, 0) is 9.84 Å². The van der Waals surface area contributed by atoms with Gasteiger partial charge in [0.05, 0.1) is 31.3 Å². The lowest BCUT2D eigenvalue weighted by atomic mass is 9.93. The van der Waals surface area contributed by atoms with Crippen LogP contribution in [0.15, 0.2) is 30.3 Å². The molecular weight excluding hydrogens is 506 g/mol. The number of aryl methyl sites for hydroxylation is 2. The van der Waals surface area contributed by atoms with Crippen LogP contribution in [0.4, 0.5) is 0 Å². The standard InChI is InChI=1S/C28H33N3O6S/c1-15(2)13-37-22-7-6-18(12-23(22)36-5)27-24-25(20-10-16(3)17(4)11-21(20)32)29-30-26(24)28(33)31(27)19-8-9-38(34,35)14-19/h6-7,10-12,15,19,27,32H,8-9,13-14H2,1-5H3,(H,29,30). The Morgan fingerprint density at radius 1 is 1.16 bits per heavy atom. The summed E-state index contributed by atoms with van der Waals surface area (Å²) in [5, 5.41) is 18.2. The number of rotatable bonds is 7. The van der Waals surface area contributed by atoms with Crippen molar-refractivity contribution < 1.29 is 27.8 Å². The Morgan fingerprint density at radius 2 is 1.89 bits per heavy atom. The Labute approximate surface area is 222 Å². The molecule has 0 spiro atoms. The van der Waals surface area contributed by atoms with Crippen LogP contribution in [0.3, 0.4) is 0 Å². The molecule has 0 aliphatic carbocycles. The van der Waals surface area contributed by atoms with Crippen molar-refractivity contribution in [2.75, 3.05) is 25.2 Å². The van der Waals surface area contributed by atoms with Gasteiger partial charge in [-0.15, -0.1) is 0 Å². The SMILES string of the molecule is COc1cc(C2c3c(-c4cc(C)c(C)cc4O)n[nH]c3C(=O)N2C2CCS(=O)(=O)C2)ccc1OCC(C)C. The molecule has 10 heteroatoms. The van der Waals surface area contributed by atoms with E-state index >= 15 is 0 Å². The first-order chi connectivity index (χ1) is 18.0. The molecule has 0 saturated carbocycles. The zero-order valence-corrected chi connectivity index (χ0v) is 23.1. The molecule has 1 amide bonds. The van der Waals surface area contributed by atoms with Crippen molar-refractivity contribution in [1.82, 2.24) is 15.1 Å². The van der Waals surface area contributed by atoms with Crippen LogP contribution >= 0.6 is 0 Å². The van der Waals surface area contributed by atoms with Crippen molar-refractivity contribution in [3.05, 3.63) is 58.3 Å². The molecule has 38 heavy (non-hydrogen) atoms. The fourth-order valence-corrected chi connectivity index (χ4v) is 7.00. The average molecular weight is 540 g/mol. The number of aromatic amines is 1. The van der Waals surface area contributed by atoms with Gasteiger partial charge >= 0.3 is 0 Å². The van der Waals surface area contributed by atoms with E-state index in [4.69, 9.17) is 9.47 Å². The maximum Gasteiger partial charge on any atom is 0.273 e. The van der Waals surface area contributed by atoms with E-state index in [1.807, 2.05) is 38.1 Å². The molecule has 0 radical (unpaired) electrons. The summed E-state index contributed by atoms with van der Waals surface area (Å²) >= 11 is 0. The number of benzene rings is 2. The van der Waals surface area contributed by atoms with Gasteiger partial charge < -0.3 is 19.5 Å². The van der Waals surface area contributed by atoms with E-state index < -0.39 is 21.9 Å². The molecule has 2 N–H and O–H groups in total. The average Bonchev–Trinajstić information content (AvgIpc) is 3.53. The topological polar surface area (TPSA) is 122 Å². The molecule has 3 aromatic rings. The minimum absolute atomic E-state index is 0.0381. The van der Waals surface area contributed by atoms with E-state index in [2.05, 4.69) is 24.0 Å². The van der Waals surface area contributed by atoms with Crippen molar-refractivity contribution in [3.8, 4) is 28.5 Å². The Hall–Kier alpha value is -3.53. The van der Waals surface area contributed by atoms with E-state index in [9.17, 15) is 18.3 Å². The number of sulfone groups is 1. The highest BCUT2D eigenvalue weighted by molar-refractivity contribution is 7.91. The van der Waals surface area contributed by atoms with Crippen LogP contribution in [-0.4, -0.2) is 65.8 Å². The number of carbonyl (C=O) groups is 1. The van der Waals surface area contributed by atoms with Gasteiger partial charge in [-0.05, 0) is 67.1 Å². The smallest absolute Gasteiger partial charge is 0.273 e. The molecule has 2 atom stereocenters. The molecule has 0 bridgehead atoms. The lowest BCUT2D eigenvalue weighted by Crippen LogP contribution is -2.40. The van der Waals surface area contributed by atoms with Crippen LogP contribution in [0.2, 0.25) is 0 Å². The molecule has 5 rings (SSSR count). The monoisotopic (exact) mass is 539 g/mol. The third-order valence-electron chi connectivity index (χ3n) is 7.35. The van der Waals surface area contributed by atoms with Gasteiger partial charge in [0, 0.05) is 17.2 Å². The largest absolute Gasteiger partial charge is 0.507 e. The van der Waals surface area contributed by atoms with Crippen molar-refractivity contribution in [2.24, 2.45) is 5.92 Å². The van der Waals surface area contributed by atoms with Gasteiger partial charge in [-0.1, -0.05) is 19.9 Å². The summed E-state index contributed by atoms with van der Waals surface area (Å²) in [4.78, 5) is 15.4. The second kappa shape index (κ2) is 9.65. The quantitative estimate of drug-likeness (QED) is 0.462. The first-order valence-corrected chi connectivity index (χ1v) is 14.6. The molecule has 3 heterocycles. The van der Waals surface area contributed by atoms with E-state index in [0.29, 0.717) is 53.0 Å². The van der Waals surface area contributed by atoms with Crippen LogP contribution in [0.25, 0.3) is 11.3 Å². The number of ether oxygens (including phenoxy) is 2. The Balaban J connectivity index is 1.67. The van der Waals surface area contributed by atoms with Crippen LogP contribution < -0.4 is 9.47 Å². The summed E-state index contributed by atoms with van der Waals surface area (Å²) in [6.45, 7) is 8.50. The van der Waals surface area contributed by atoms with E-state index in [-0.39, 0.29) is 23.2 Å². The number of carbonyl (C=O) groups excluding carboxylic acids is 1. The number of amides is 1. The van der Waals surface area contributed by atoms with E-state index in [1.165, 1.54) is 0 Å². The summed E-state index contributed by atoms with van der Waals surface area (Å²) in [7, 11) is -1.69. The highest BCUT2D eigenvalue weighted by Crippen LogP contribution is 2.48. The second-order valence-electron chi connectivity index (χ2n) is 10.6. The van der Waals surface area contributed by atoms with Crippen molar-refractivity contribution in [1.29, 1.82) is 0 Å². The minimum Gasteiger partial charge on any atom is -0.507 e. The normalized spacial score (nSPS) is 20.3. The number of nitrogens with one attached hydrogen (secondary N) is 1. The molecule has 202 valence electrons. The number of aromatic nitrogens is 2. The first kappa shape index (κ1) is 26.1. The Morgan fingerprint density at radius 3 is 2.55 bits per heavy atom. The molecule has 1 saturated heterocycles. The van der Waals surface area contributed by atoms with Crippen LogP contribution in [0, 0.1) is 19.8 Å². The number of fused-ring (bicyclic) bond motifs is 1. The summed E-state index contributed by atoms with van der Waals surface area (Å²) in [5.74, 6) is 1.12. The Bertz CT molecular complexity index is 1510. The van der Waals surface area contributed by atoms with Gasteiger partial charge in [-0.3, -0.25) is 9.89 Å².